The summed E-state index contributed by atoms with van der Waals surface area (Å²) in [6, 6.07) is 4.33. The van der Waals surface area contributed by atoms with Gasteiger partial charge in [-0.25, -0.2) is 0 Å². The number of hydrogen-bond acceptors (Lipinski definition) is 4. The lowest BCUT2D eigenvalue weighted by molar-refractivity contribution is -0.118. The highest BCUT2D eigenvalue weighted by atomic mass is 16.6. The smallest absolute Gasteiger partial charge is 0.226 e. The number of fused-ring (bicyclic) bond motifs is 3. The monoisotopic (exact) mass is 482 g/mol. The van der Waals surface area contributed by atoms with E-state index in [0.29, 0.717) is 19.3 Å². The molecule has 1 N–H and O–H groups in total. The molecule has 2 aliphatic heterocycles. The summed E-state index contributed by atoms with van der Waals surface area (Å²) >= 11 is 0. The van der Waals surface area contributed by atoms with Crippen molar-refractivity contribution < 1.29 is 19.1 Å². The van der Waals surface area contributed by atoms with E-state index < -0.39 is 0 Å². The number of anilines is 1. The Bertz CT molecular complexity index is 985. The minimum Gasteiger partial charge on any atom is -0.381 e. The van der Waals surface area contributed by atoms with Gasteiger partial charge in [0.2, 0.25) is 12.3 Å². The Kier molecular flexibility index (Phi) is 8.94. The number of nitrogens with one attached hydrogen (secondary N) is 1. The van der Waals surface area contributed by atoms with E-state index in [1.807, 2.05) is 7.05 Å². The average molecular weight is 483 g/mol. The van der Waals surface area contributed by atoms with Crippen LogP contribution in [0, 0.1) is 19.8 Å². The molecule has 1 saturated heterocycles. The first-order chi connectivity index (χ1) is 16.6. The van der Waals surface area contributed by atoms with Crippen LogP contribution < -0.4 is 10.2 Å². The molecule has 2 bridgehead atoms. The van der Waals surface area contributed by atoms with Gasteiger partial charge in [0.15, 0.2) is 0 Å². The first-order valence-electron chi connectivity index (χ1n) is 12.7. The Morgan fingerprint density at radius 1 is 1.26 bits per heavy atom. The molecule has 0 aromatic heterocycles. The van der Waals surface area contributed by atoms with Gasteiger partial charge in [-0.3, -0.25) is 9.59 Å². The number of hydrogen-bond donors (Lipinski definition) is 1. The highest BCUT2D eigenvalue weighted by Gasteiger charge is 2.56. The molecule has 6 heteroatoms. The second-order valence-electron chi connectivity index (χ2n) is 10.6. The van der Waals surface area contributed by atoms with Crippen LogP contribution in [0.5, 0.6) is 0 Å². The lowest BCUT2D eigenvalue weighted by atomic mass is 9.87. The highest BCUT2D eigenvalue weighted by Crippen LogP contribution is 2.46. The van der Waals surface area contributed by atoms with Crippen molar-refractivity contribution in [1.82, 2.24) is 5.32 Å². The van der Waals surface area contributed by atoms with Gasteiger partial charge in [0.05, 0.1) is 17.8 Å². The molecule has 3 unspecified atom stereocenters. The van der Waals surface area contributed by atoms with Crippen molar-refractivity contribution in [2.75, 3.05) is 19.1 Å². The molecule has 1 aromatic rings. The van der Waals surface area contributed by atoms with Gasteiger partial charge in [-0.2, -0.15) is 0 Å². The maximum absolute atomic E-state index is 13.2. The molecule has 2 heterocycles. The van der Waals surface area contributed by atoms with Crippen LogP contribution in [-0.2, 0) is 25.5 Å². The molecule has 0 aliphatic carbocycles. The topological polar surface area (TPSA) is 71.2 Å². The van der Waals surface area contributed by atoms with Crippen molar-refractivity contribution in [3.63, 3.8) is 0 Å². The molecular weight excluding hydrogens is 440 g/mol. The van der Waals surface area contributed by atoms with Gasteiger partial charge < -0.3 is 19.7 Å². The molecule has 6 nitrogen and oxygen atoms in total. The predicted molar refractivity (Wildman–Crippen MR) is 141 cm³/mol. The summed E-state index contributed by atoms with van der Waals surface area (Å²) < 4.78 is 12.0. The number of nitrogens with zero attached hydrogens (tertiary/aromatic N) is 1. The number of carbonyl (C=O) groups excluding carboxylic acids is 2. The van der Waals surface area contributed by atoms with E-state index in [0.717, 1.165) is 30.5 Å². The van der Waals surface area contributed by atoms with Gasteiger partial charge in [-0.15, -0.1) is 0 Å². The van der Waals surface area contributed by atoms with E-state index in [-0.39, 0.29) is 35.7 Å². The largest absolute Gasteiger partial charge is 0.381 e. The van der Waals surface area contributed by atoms with Crippen molar-refractivity contribution >= 4 is 18.0 Å². The zero-order valence-corrected chi connectivity index (χ0v) is 22.4. The summed E-state index contributed by atoms with van der Waals surface area (Å²) in [4.78, 5) is 26.2. The zero-order valence-electron chi connectivity index (χ0n) is 22.4. The number of carbonyl (C=O) groups is 2. The van der Waals surface area contributed by atoms with Crippen LogP contribution in [0.4, 0.5) is 5.69 Å². The molecule has 5 atom stereocenters. The zero-order chi connectivity index (χ0) is 25.8. The van der Waals surface area contributed by atoms with Crippen LogP contribution in [0.3, 0.4) is 0 Å². The third-order valence-electron chi connectivity index (χ3n) is 7.82. The number of allylic oxidation sites excluding steroid dienone is 3. The fourth-order valence-corrected chi connectivity index (χ4v) is 5.33. The number of aryl methyl sites for hydroxylation is 1. The van der Waals surface area contributed by atoms with Crippen LogP contribution in [0.15, 0.2) is 35.9 Å². The fraction of sp³-hybridized carbons (Fsp3) is 0.586. The van der Waals surface area contributed by atoms with Crippen LogP contribution in [-0.4, -0.2) is 50.3 Å². The number of ether oxygens (including phenoxy) is 2. The number of benzene rings is 1. The van der Waals surface area contributed by atoms with Crippen LogP contribution in [0.25, 0.3) is 0 Å². The lowest BCUT2D eigenvalue weighted by Gasteiger charge is -2.26. The van der Waals surface area contributed by atoms with E-state index >= 15 is 0 Å². The summed E-state index contributed by atoms with van der Waals surface area (Å²) in [6.07, 6.45) is 10.4. The SMILES string of the molecule is COC1CC(NC=O)C/C=C/C=C(\C)Cc2cc(C)c(C)c(c2)N(C)C(=O)CC[C@@]2(C)OC2[C@@H]1C. The normalized spacial score (nSPS) is 32.8. The minimum absolute atomic E-state index is 0.0190. The van der Waals surface area contributed by atoms with Crippen molar-refractivity contribution in [1.29, 1.82) is 0 Å². The molecule has 0 spiro atoms. The van der Waals surface area contributed by atoms with Gasteiger partial charge in [0.25, 0.3) is 0 Å². The lowest BCUT2D eigenvalue weighted by Crippen LogP contribution is -2.37. The summed E-state index contributed by atoms with van der Waals surface area (Å²) in [5.41, 5.74) is 5.38. The Labute approximate surface area is 210 Å². The predicted octanol–water partition coefficient (Wildman–Crippen LogP) is 4.81. The number of amides is 2. The van der Waals surface area contributed by atoms with Crippen LogP contribution in [0.1, 0.15) is 63.1 Å². The first-order valence-corrected chi connectivity index (χ1v) is 12.7. The Morgan fingerprint density at radius 3 is 2.69 bits per heavy atom. The second-order valence-corrected chi connectivity index (χ2v) is 10.6. The molecule has 2 aliphatic rings. The fourth-order valence-electron chi connectivity index (χ4n) is 5.33. The summed E-state index contributed by atoms with van der Waals surface area (Å²) in [6.45, 7) is 10.5. The molecular formula is C29H42N2O4. The molecule has 1 fully saturated rings. The van der Waals surface area contributed by atoms with E-state index in [1.54, 1.807) is 12.0 Å². The van der Waals surface area contributed by atoms with Crippen molar-refractivity contribution in [2.45, 2.75) is 90.6 Å². The molecule has 2 amide bonds. The number of epoxide rings is 1. The Morgan fingerprint density at radius 2 is 2.00 bits per heavy atom. The van der Waals surface area contributed by atoms with Crippen molar-refractivity contribution in [3.8, 4) is 0 Å². The Balaban J connectivity index is 1.91. The second kappa shape index (κ2) is 11.5. The van der Waals surface area contributed by atoms with Gasteiger partial charge in [0.1, 0.15) is 0 Å². The summed E-state index contributed by atoms with van der Waals surface area (Å²) in [5, 5.41) is 2.95. The summed E-state index contributed by atoms with van der Waals surface area (Å²) in [5.74, 6) is 0.239. The molecule has 1 aromatic carbocycles. The molecule has 0 saturated carbocycles. The maximum Gasteiger partial charge on any atom is 0.226 e. The maximum atomic E-state index is 13.2. The van der Waals surface area contributed by atoms with Gasteiger partial charge >= 0.3 is 0 Å². The molecule has 35 heavy (non-hydrogen) atoms. The standard InChI is InChI=1S/C29H42N2O4/c1-19-10-8-9-11-24(30-18-32)17-26(34-7)22(4)28-29(5,35-28)13-12-27(33)31(6)25-16-23(14-19)15-20(2)21(25)3/h8-10,15-16,18,22,24,26,28H,11-14,17H2,1-7H3,(H,30,32)/b9-8+,19-10+/t22-,24?,26?,28?,29-/m1/s1. The third-order valence-corrected chi connectivity index (χ3v) is 7.82. The van der Waals surface area contributed by atoms with Gasteiger partial charge in [-0.05, 0) is 76.1 Å². The first kappa shape index (κ1) is 27.2. The summed E-state index contributed by atoms with van der Waals surface area (Å²) in [7, 11) is 3.59. The van der Waals surface area contributed by atoms with E-state index in [1.165, 1.54) is 16.7 Å². The molecule has 3 rings (SSSR count). The number of rotatable bonds is 3. The Hall–Kier alpha value is -2.44. The quantitative estimate of drug-likeness (QED) is 0.496. The third kappa shape index (κ3) is 6.62. The van der Waals surface area contributed by atoms with Crippen molar-refractivity contribution in [3.05, 3.63) is 52.6 Å². The molecule has 192 valence electrons. The van der Waals surface area contributed by atoms with Crippen molar-refractivity contribution in [2.24, 2.45) is 5.92 Å². The van der Waals surface area contributed by atoms with Gasteiger partial charge in [0, 0.05) is 38.2 Å². The minimum atomic E-state index is -0.336. The average Bonchev–Trinajstić information content (AvgIpc) is 3.50. The molecule has 0 radical (unpaired) electrons. The van der Waals surface area contributed by atoms with Crippen LogP contribution >= 0.6 is 0 Å². The van der Waals surface area contributed by atoms with Gasteiger partial charge in [-0.1, -0.05) is 36.8 Å². The van der Waals surface area contributed by atoms with E-state index in [4.69, 9.17) is 9.47 Å². The van der Waals surface area contributed by atoms with Crippen LogP contribution in [0.2, 0.25) is 0 Å². The van der Waals surface area contributed by atoms with E-state index in [2.05, 4.69) is 70.3 Å². The highest BCUT2D eigenvalue weighted by molar-refractivity contribution is 5.94. The van der Waals surface area contributed by atoms with E-state index in [9.17, 15) is 9.59 Å². The number of methoxy groups -OCH3 is 1.